The zero-order valence-electron chi connectivity index (χ0n) is 12.4. The van der Waals surface area contributed by atoms with E-state index in [4.69, 9.17) is 4.98 Å². The van der Waals surface area contributed by atoms with Crippen molar-refractivity contribution < 1.29 is 4.39 Å². The van der Waals surface area contributed by atoms with Gasteiger partial charge in [-0.15, -0.1) is 0 Å². The van der Waals surface area contributed by atoms with E-state index in [2.05, 4.69) is 4.98 Å². The first-order valence-corrected chi connectivity index (χ1v) is 7.43. The Labute approximate surface area is 133 Å². The number of para-hydroxylation sites is 1. The zero-order valence-corrected chi connectivity index (χ0v) is 12.4. The standard InChI is InChI=1S/C19H14FN3/c20-15-7-4-6-14(12-15)13-18-22-17-10-5-11-21-19(17)23(18)16-8-2-1-3-9-16/h1-12H,13H2. The molecule has 23 heavy (non-hydrogen) atoms. The number of benzene rings is 2. The molecule has 2 heterocycles. The molecule has 0 unspecified atom stereocenters. The Hall–Kier alpha value is -3.01. The molecule has 0 bridgehead atoms. The predicted octanol–water partition coefficient (Wildman–Crippen LogP) is 4.15. The Bertz CT molecular complexity index is 961. The van der Waals surface area contributed by atoms with Crippen LogP contribution in [0.2, 0.25) is 0 Å². The number of rotatable bonds is 3. The molecule has 3 nitrogen and oxygen atoms in total. The second-order valence-corrected chi connectivity index (χ2v) is 5.35. The van der Waals surface area contributed by atoms with E-state index in [1.165, 1.54) is 6.07 Å². The van der Waals surface area contributed by atoms with Gasteiger partial charge in [0.15, 0.2) is 5.65 Å². The highest BCUT2D eigenvalue weighted by atomic mass is 19.1. The van der Waals surface area contributed by atoms with Crippen LogP contribution in [0.25, 0.3) is 16.9 Å². The molecule has 0 radical (unpaired) electrons. The number of nitrogens with zero attached hydrogens (tertiary/aromatic N) is 3. The Kier molecular flexibility index (Phi) is 3.35. The third-order valence-electron chi connectivity index (χ3n) is 3.75. The van der Waals surface area contributed by atoms with Gasteiger partial charge in [0.1, 0.15) is 17.2 Å². The van der Waals surface area contributed by atoms with Gasteiger partial charge in [-0.2, -0.15) is 0 Å². The van der Waals surface area contributed by atoms with E-state index in [0.717, 1.165) is 28.2 Å². The molecule has 4 heteroatoms. The summed E-state index contributed by atoms with van der Waals surface area (Å²) in [6, 6.07) is 20.4. The van der Waals surface area contributed by atoms with Crippen LogP contribution in [0.5, 0.6) is 0 Å². The third kappa shape index (κ3) is 2.59. The Morgan fingerprint density at radius 1 is 0.913 bits per heavy atom. The summed E-state index contributed by atoms with van der Waals surface area (Å²) in [5.74, 6) is 0.610. The number of pyridine rings is 1. The van der Waals surface area contributed by atoms with E-state index in [-0.39, 0.29) is 5.82 Å². The first-order valence-electron chi connectivity index (χ1n) is 7.43. The minimum Gasteiger partial charge on any atom is -0.280 e. The molecule has 112 valence electrons. The van der Waals surface area contributed by atoms with Gasteiger partial charge in [0.2, 0.25) is 0 Å². The highest BCUT2D eigenvalue weighted by Crippen LogP contribution is 2.21. The van der Waals surface area contributed by atoms with Gasteiger partial charge in [-0.3, -0.25) is 4.57 Å². The summed E-state index contributed by atoms with van der Waals surface area (Å²) in [5.41, 5.74) is 3.53. The number of imidazole rings is 1. The molecular formula is C19H14FN3. The summed E-state index contributed by atoms with van der Waals surface area (Å²) < 4.78 is 15.5. The largest absolute Gasteiger partial charge is 0.280 e. The van der Waals surface area contributed by atoms with Gasteiger partial charge in [0.05, 0.1) is 0 Å². The SMILES string of the molecule is Fc1cccc(Cc2nc3cccnc3n2-c2ccccc2)c1. The fourth-order valence-electron chi connectivity index (χ4n) is 2.76. The normalized spacial score (nSPS) is 11.0. The van der Waals surface area contributed by atoms with Crippen molar-refractivity contribution in [1.82, 2.24) is 14.5 Å². The lowest BCUT2D eigenvalue weighted by Gasteiger charge is -2.08. The number of hydrogen-bond donors (Lipinski definition) is 0. The summed E-state index contributed by atoms with van der Waals surface area (Å²) in [7, 11) is 0. The summed E-state index contributed by atoms with van der Waals surface area (Å²) in [4.78, 5) is 9.16. The lowest BCUT2D eigenvalue weighted by Crippen LogP contribution is -2.03. The van der Waals surface area contributed by atoms with Gasteiger partial charge in [-0.05, 0) is 42.0 Å². The lowest BCUT2D eigenvalue weighted by atomic mass is 10.1. The van der Waals surface area contributed by atoms with Crippen molar-refractivity contribution in [2.24, 2.45) is 0 Å². The zero-order chi connectivity index (χ0) is 15.6. The van der Waals surface area contributed by atoms with Crippen molar-refractivity contribution in [3.8, 4) is 5.69 Å². The quantitative estimate of drug-likeness (QED) is 0.569. The van der Waals surface area contributed by atoms with E-state index in [0.29, 0.717) is 6.42 Å². The first-order chi connectivity index (χ1) is 11.3. The van der Waals surface area contributed by atoms with E-state index in [9.17, 15) is 4.39 Å². The van der Waals surface area contributed by atoms with Crippen molar-refractivity contribution >= 4 is 11.2 Å². The van der Waals surface area contributed by atoms with Crippen LogP contribution in [-0.4, -0.2) is 14.5 Å². The van der Waals surface area contributed by atoms with Crippen LogP contribution < -0.4 is 0 Å². The molecule has 2 aromatic heterocycles. The topological polar surface area (TPSA) is 30.7 Å². The van der Waals surface area contributed by atoms with Gasteiger partial charge in [0, 0.05) is 18.3 Å². The van der Waals surface area contributed by atoms with Gasteiger partial charge < -0.3 is 0 Å². The molecule has 0 saturated heterocycles. The average Bonchev–Trinajstić information content (AvgIpc) is 2.93. The third-order valence-corrected chi connectivity index (χ3v) is 3.75. The summed E-state index contributed by atoms with van der Waals surface area (Å²) in [5, 5.41) is 0. The van der Waals surface area contributed by atoms with Crippen LogP contribution in [0.4, 0.5) is 4.39 Å². The molecule has 0 amide bonds. The fourth-order valence-corrected chi connectivity index (χ4v) is 2.76. The fraction of sp³-hybridized carbons (Fsp3) is 0.0526. The molecule has 0 aliphatic heterocycles. The van der Waals surface area contributed by atoms with E-state index in [1.54, 1.807) is 18.3 Å². The molecule has 0 N–H and O–H groups in total. The molecule has 0 aliphatic carbocycles. The number of aromatic nitrogens is 3. The minimum absolute atomic E-state index is 0.233. The Morgan fingerprint density at radius 3 is 2.61 bits per heavy atom. The molecule has 2 aromatic carbocycles. The molecule has 4 aromatic rings. The number of hydrogen-bond acceptors (Lipinski definition) is 2. The highest BCUT2D eigenvalue weighted by molar-refractivity contribution is 5.73. The number of halogens is 1. The van der Waals surface area contributed by atoms with Gasteiger partial charge in [0.25, 0.3) is 0 Å². The molecule has 0 spiro atoms. The van der Waals surface area contributed by atoms with Crippen LogP contribution in [0.15, 0.2) is 72.9 Å². The average molecular weight is 303 g/mol. The maximum atomic E-state index is 13.5. The second kappa shape index (κ2) is 5.65. The summed E-state index contributed by atoms with van der Waals surface area (Å²) >= 11 is 0. The Balaban J connectivity index is 1.89. The smallest absolute Gasteiger partial charge is 0.164 e. The molecular weight excluding hydrogens is 289 g/mol. The van der Waals surface area contributed by atoms with Gasteiger partial charge in [-0.25, -0.2) is 14.4 Å². The molecule has 0 atom stereocenters. The van der Waals surface area contributed by atoms with Gasteiger partial charge >= 0.3 is 0 Å². The van der Waals surface area contributed by atoms with Crippen LogP contribution in [-0.2, 0) is 6.42 Å². The second-order valence-electron chi connectivity index (χ2n) is 5.35. The van der Waals surface area contributed by atoms with Crippen molar-refractivity contribution in [1.29, 1.82) is 0 Å². The van der Waals surface area contributed by atoms with Crippen molar-refractivity contribution in [3.63, 3.8) is 0 Å². The monoisotopic (exact) mass is 303 g/mol. The molecule has 0 aliphatic rings. The van der Waals surface area contributed by atoms with E-state index in [1.807, 2.05) is 53.1 Å². The van der Waals surface area contributed by atoms with E-state index >= 15 is 0 Å². The van der Waals surface area contributed by atoms with Crippen LogP contribution >= 0.6 is 0 Å². The highest BCUT2D eigenvalue weighted by Gasteiger charge is 2.13. The first kappa shape index (κ1) is 13.6. The van der Waals surface area contributed by atoms with E-state index < -0.39 is 0 Å². The van der Waals surface area contributed by atoms with Crippen molar-refractivity contribution in [2.45, 2.75) is 6.42 Å². The van der Waals surface area contributed by atoms with Crippen LogP contribution in [0, 0.1) is 5.82 Å². The molecule has 4 rings (SSSR count). The van der Waals surface area contributed by atoms with Crippen LogP contribution in [0.1, 0.15) is 11.4 Å². The maximum absolute atomic E-state index is 13.5. The van der Waals surface area contributed by atoms with Crippen molar-refractivity contribution in [2.75, 3.05) is 0 Å². The Morgan fingerprint density at radius 2 is 1.78 bits per heavy atom. The minimum atomic E-state index is -0.233. The summed E-state index contributed by atoms with van der Waals surface area (Å²) in [6.07, 6.45) is 2.30. The summed E-state index contributed by atoms with van der Waals surface area (Å²) in [6.45, 7) is 0. The molecule has 0 saturated carbocycles. The molecule has 0 fully saturated rings. The maximum Gasteiger partial charge on any atom is 0.164 e. The van der Waals surface area contributed by atoms with Crippen molar-refractivity contribution in [3.05, 3.63) is 90.1 Å². The van der Waals surface area contributed by atoms with Gasteiger partial charge in [-0.1, -0.05) is 30.3 Å². The lowest BCUT2D eigenvalue weighted by molar-refractivity contribution is 0.625. The number of fused-ring (bicyclic) bond motifs is 1. The van der Waals surface area contributed by atoms with Crippen LogP contribution in [0.3, 0.4) is 0 Å². The predicted molar refractivity (Wildman–Crippen MR) is 88.1 cm³/mol.